The molecule has 0 aromatic rings. The van der Waals surface area contributed by atoms with E-state index < -0.39 is 24.1 Å². The Bertz CT molecular complexity index is 648. The number of hydrogen-bond acceptors (Lipinski definition) is 4. The van der Waals surface area contributed by atoms with Gasteiger partial charge in [0.15, 0.2) is 0 Å². The van der Waals surface area contributed by atoms with E-state index in [2.05, 4.69) is 26.8 Å². The highest BCUT2D eigenvalue weighted by atomic mass is 16.6. The lowest BCUT2D eigenvalue weighted by Crippen LogP contribution is -2.52. The summed E-state index contributed by atoms with van der Waals surface area (Å²) in [6.45, 7) is 6.54. The fourth-order valence-electron chi connectivity index (χ4n) is 5.54. The Morgan fingerprint density at radius 1 is 1.36 bits per heavy atom. The molecule has 0 aromatic heterocycles. The molecule has 0 bridgehead atoms. The Labute approximate surface area is 148 Å². The third-order valence-electron chi connectivity index (χ3n) is 7.22. The van der Waals surface area contributed by atoms with Crippen molar-refractivity contribution < 1.29 is 24.5 Å². The van der Waals surface area contributed by atoms with Gasteiger partial charge >= 0.3 is 11.9 Å². The van der Waals surface area contributed by atoms with Gasteiger partial charge in [-0.1, -0.05) is 25.5 Å². The van der Waals surface area contributed by atoms with Crippen molar-refractivity contribution in [2.45, 2.75) is 65.6 Å². The molecule has 5 atom stereocenters. The van der Waals surface area contributed by atoms with E-state index in [1.54, 1.807) is 0 Å². The Balaban J connectivity index is 1.90. The van der Waals surface area contributed by atoms with Gasteiger partial charge < -0.3 is 14.9 Å². The summed E-state index contributed by atoms with van der Waals surface area (Å²) in [7, 11) is 0. The fourth-order valence-corrected chi connectivity index (χ4v) is 5.54. The largest absolute Gasteiger partial charge is 0.481 e. The highest BCUT2D eigenvalue weighted by molar-refractivity contribution is 5.85. The van der Waals surface area contributed by atoms with Crippen LogP contribution in [0.5, 0.6) is 0 Å². The van der Waals surface area contributed by atoms with Crippen LogP contribution in [0.15, 0.2) is 23.3 Å². The third-order valence-corrected chi connectivity index (χ3v) is 7.22. The van der Waals surface area contributed by atoms with Gasteiger partial charge in [-0.25, -0.2) is 4.79 Å². The van der Waals surface area contributed by atoms with Crippen LogP contribution >= 0.6 is 0 Å². The molecule has 5 heteroatoms. The zero-order valence-electron chi connectivity index (χ0n) is 15.2. The molecule has 0 amide bonds. The number of carbonyl (C=O) groups is 2. The van der Waals surface area contributed by atoms with Crippen LogP contribution in [0.25, 0.3) is 0 Å². The number of cyclic esters (lactones) is 1. The third kappa shape index (κ3) is 2.92. The van der Waals surface area contributed by atoms with Crippen molar-refractivity contribution in [2.75, 3.05) is 0 Å². The van der Waals surface area contributed by atoms with Gasteiger partial charge in [0.1, 0.15) is 0 Å². The first-order chi connectivity index (χ1) is 11.7. The number of esters is 1. The summed E-state index contributed by atoms with van der Waals surface area (Å²) in [4.78, 5) is 23.3. The topological polar surface area (TPSA) is 83.8 Å². The van der Waals surface area contributed by atoms with E-state index in [1.807, 2.05) is 0 Å². The van der Waals surface area contributed by atoms with Crippen LogP contribution in [0.1, 0.15) is 59.3 Å². The first-order valence-electron chi connectivity index (χ1n) is 9.17. The summed E-state index contributed by atoms with van der Waals surface area (Å²) in [5, 5.41) is 19.7. The van der Waals surface area contributed by atoms with Gasteiger partial charge in [-0.2, -0.15) is 0 Å². The Kier molecular flexibility index (Phi) is 4.56. The smallest absolute Gasteiger partial charge is 0.333 e. The van der Waals surface area contributed by atoms with Crippen molar-refractivity contribution in [3.63, 3.8) is 0 Å². The Morgan fingerprint density at radius 2 is 2.08 bits per heavy atom. The van der Waals surface area contributed by atoms with E-state index >= 15 is 0 Å². The minimum absolute atomic E-state index is 0.0357. The minimum atomic E-state index is -1.18. The maximum Gasteiger partial charge on any atom is 0.333 e. The quantitative estimate of drug-likeness (QED) is 0.601. The molecule has 0 saturated heterocycles. The second-order valence-corrected chi connectivity index (χ2v) is 8.38. The van der Waals surface area contributed by atoms with Crippen LogP contribution in [0.4, 0.5) is 0 Å². The molecule has 0 radical (unpaired) electrons. The van der Waals surface area contributed by atoms with Crippen LogP contribution in [0, 0.1) is 22.7 Å². The number of carboxylic acid groups (broad SMARTS) is 1. The van der Waals surface area contributed by atoms with Crippen molar-refractivity contribution in [3.05, 3.63) is 23.3 Å². The zero-order chi connectivity index (χ0) is 18.4. The Morgan fingerprint density at radius 3 is 2.68 bits per heavy atom. The summed E-state index contributed by atoms with van der Waals surface area (Å²) < 4.78 is 4.76. The molecule has 25 heavy (non-hydrogen) atoms. The molecule has 3 rings (SSSR count). The number of allylic oxidation sites excluding steroid dienone is 2. The monoisotopic (exact) mass is 348 g/mol. The van der Waals surface area contributed by atoms with E-state index in [0.29, 0.717) is 24.8 Å². The van der Waals surface area contributed by atoms with Crippen molar-refractivity contribution in [2.24, 2.45) is 22.7 Å². The van der Waals surface area contributed by atoms with Gasteiger partial charge in [-0.05, 0) is 62.2 Å². The van der Waals surface area contributed by atoms with Crippen molar-refractivity contribution >= 4 is 11.9 Å². The van der Waals surface area contributed by atoms with E-state index in [0.717, 1.165) is 19.3 Å². The summed E-state index contributed by atoms with van der Waals surface area (Å²) in [5.41, 5.74) is 1.59. The second-order valence-electron chi connectivity index (χ2n) is 8.38. The molecule has 0 aromatic carbocycles. The van der Waals surface area contributed by atoms with Crippen LogP contribution in [0.3, 0.4) is 0 Å². The predicted molar refractivity (Wildman–Crippen MR) is 92.5 cm³/mol. The molecule has 138 valence electrons. The van der Waals surface area contributed by atoms with Gasteiger partial charge in [0, 0.05) is 11.6 Å². The maximum absolute atomic E-state index is 12.0. The first-order valence-corrected chi connectivity index (χ1v) is 9.17. The normalized spacial score (nSPS) is 40.8. The van der Waals surface area contributed by atoms with E-state index in [4.69, 9.17) is 4.74 Å². The lowest BCUT2D eigenvalue weighted by Gasteiger charge is -2.57. The van der Waals surface area contributed by atoms with Crippen LogP contribution in [-0.2, 0) is 14.3 Å². The molecule has 3 aliphatic rings. The minimum Gasteiger partial charge on any atom is -0.481 e. The number of ether oxygens (including phenoxy) is 1. The van der Waals surface area contributed by atoms with Gasteiger partial charge in [0.25, 0.3) is 0 Å². The molecule has 2 N–H and O–H groups in total. The number of hydrogen-bond donors (Lipinski definition) is 2. The highest BCUT2D eigenvalue weighted by Crippen LogP contribution is 2.62. The highest BCUT2D eigenvalue weighted by Gasteiger charge is 2.56. The molecule has 1 saturated carbocycles. The lowest BCUT2D eigenvalue weighted by atomic mass is 9.46. The standard InChI is InChI=1S/C20H28O5/c1-12-5-4-6-15-19(12,2)10-8-14(17(22)23)20(15,3)9-7-13-11-16(21)25-18(13)24/h5,11,14-15,18,24H,4,6-10H2,1-3H3,(H,22,23). The van der Waals surface area contributed by atoms with E-state index in [-0.39, 0.29) is 16.7 Å². The van der Waals surface area contributed by atoms with Gasteiger partial charge in [-0.3, -0.25) is 4.79 Å². The lowest BCUT2D eigenvalue weighted by molar-refractivity contribution is -0.156. The number of fused-ring (bicyclic) bond motifs is 1. The molecular formula is C20H28O5. The molecule has 2 aliphatic carbocycles. The molecular weight excluding hydrogens is 320 g/mol. The van der Waals surface area contributed by atoms with Crippen LogP contribution in [-0.4, -0.2) is 28.4 Å². The second kappa shape index (κ2) is 6.27. The summed E-state index contributed by atoms with van der Waals surface area (Å²) in [5.74, 6) is -1.36. The fraction of sp³-hybridized carbons (Fsp3) is 0.700. The molecule has 1 fully saturated rings. The summed E-state index contributed by atoms with van der Waals surface area (Å²) >= 11 is 0. The zero-order valence-corrected chi connectivity index (χ0v) is 15.2. The number of aliphatic hydroxyl groups is 1. The number of rotatable bonds is 4. The molecule has 1 aliphatic heterocycles. The number of carboxylic acids is 1. The van der Waals surface area contributed by atoms with Crippen LogP contribution in [0.2, 0.25) is 0 Å². The predicted octanol–water partition coefficient (Wildman–Crippen LogP) is 3.43. The molecule has 1 heterocycles. The average Bonchev–Trinajstić information content (AvgIpc) is 2.85. The number of aliphatic hydroxyl groups excluding tert-OH is 1. The molecule has 5 nitrogen and oxygen atoms in total. The Hall–Kier alpha value is -1.62. The van der Waals surface area contributed by atoms with Crippen molar-refractivity contribution in [3.8, 4) is 0 Å². The van der Waals surface area contributed by atoms with Gasteiger partial charge in [0.05, 0.1) is 5.92 Å². The van der Waals surface area contributed by atoms with Gasteiger partial charge in [-0.15, -0.1) is 0 Å². The first kappa shape index (κ1) is 18.2. The van der Waals surface area contributed by atoms with Crippen molar-refractivity contribution in [1.29, 1.82) is 0 Å². The maximum atomic E-state index is 12.0. The van der Waals surface area contributed by atoms with Crippen molar-refractivity contribution in [1.82, 2.24) is 0 Å². The summed E-state index contributed by atoms with van der Waals surface area (Å²) in [6, 6.07) is 0. The molecule has 0 spiro atoms. The number of aliphatic carboxylic acids is 1. The van der Waals surface area contributed by atoms with E-state index in [9.17, 15) is 19.8 Å². The molecule has 5 unspecified atom stereocenters. The summed E-state index contributed by atoms with van der Waals surface area (Å²) in [6.07, 6.45) is 7.14. The number of carbonyl (C=O) groups excluding carboxylic acids is 1. The van der Waals surface area contributed by atoms with E-state index in [1.165, 1.54) is 11.6 Å². The average molecular weight is 348 g/mol. The SMILES string of the molecule is CC1=CCCC2C1(C)CCC(C(=O)O)C2(C)CCC1=CC(=O)OC1O. The van der Waals surface area contributed by atoms with Crippen LogP contribution < -0.4 is 0 Å². The van der Waals surface area contributed by atoms with Gasteiger partial charge in [0.2, 0.25) is 6.29 Å².